The number of aliphatic hydroxyl groups is 1. The first-order chi connectivity index (χ1) is 8.11. The van der Waals surface area contributed by atoms with Crippen LogP contribution in [0.2, 0.25) is 0 Å². The highest BCUT2D eigenvalue weighted by molar-refractivity contribution is 5.93. The molecular weight excluding hydrogens is 224 g/mol. The van der Waals surface area contributed by atoms with Crippen molar-refractivity contribution in [3.05, 3.63) is 34.2 Å². The number of ether oxygens (including phenoxy) is 1. The number of nitrogens with one attached hydrogen (secondary N) is 2. The highest BCUT2D eigenvalue weighted by Gasteiger charge is 2.32. The molecule has 0 aromatic carbocycles. The maximum Gasteiger partial charge on any atom is 0.256 e. The zero-order valence-electron chi connectivity index (χ0n) is 9.23. The van der Waals surface area contributed by atoms with Gasteiger partial charge in [0.2, 0.25) is 0 Å². The number of rotatable bonds is 3. The van der Waals surface area contributed by atoms with Gasteiger partial charge in [0.1, 0.15) is 11.2 Å². The van der Waals surface area contributed by atoms with Crippen LogP contribution < -0.4 is 10.7 Å². The Kier molecular flexibility index (Phi) is 3.26. The van der Waals surface area contributed by atoms with Gasteiger partial charge >= 0.3 is 0 Å². The molecule has 1 aromatic heterocycles. The van der Waals surface area contributed by atoms with E-state index in [0.717, 1.165) is 0 Å². The Morgan fingerprint density at radius 1 is 1.65 bits per heavy atom. The first-order valence-electron chi connectivity index (χ1n) is 5.36. The average molecular weight is 238 g/mol. The summed E-state index contributed by atoms with van der Waals surface area (Å²) in [7, 11) is 0. The summed E-state index contributed by atoms with van der Waals surface area (Å²) in [5.74, 6) is -0.493. The van der Waals surface area contributed by atoms with Crippen LogP contribution in [-0.2, 0) is 4.74 Å². The van der Waals surface area contributed by atoms with E-state index in [1.165, 1.54) is 18.5 Å². The zero-order valence-corrected chi connectivity index (χ0v) is 9.23. The van der Waals surface area contributed by atoms with Crippen LogP contribution in [0.15, 0.2) is 23.3 Å². The predicted octanol–water partition coefficient (Wildman–Crippen LogP) is -0.744. The maximum absolute atomic E-state index is 11.7. The van der Waals surface area contributed by atoms with Gasteiger partial charge in [0, 0.05) is 38.0 Å². The molecule has 0 spiro atoms. The minimum Gasteiger partial charge on any atom is -0.386 e. The van der Waals surface area contributed by atoms with Crippen molar-refractivity contribution < 1.29 is 14.6 Å². The quantitative estimate of drug-likeness (QED) is 0.646. The minimum absolute atomic E-state index is 0.0371. The fourth-order valence-electron chi connectivity index (χ4n) is 1.67. The summed E-state index contributed by atoms with van der Waals surface area (Å²) >= 11 is 0. The van der Waals surface area contributed by atoms with Crippen molar-refractivity contribution in [1.82, 2.24) is 10.3 Å². The molecule has 1 aromatic rings. The van der Waals surface area contributed by atoms with E-state index in [1.54, 1.807) is 0 Å². The molecule has 0 saturated carbocycles. The second kappa shape index (κ2) is 4.68. The van der Waals surface area contributed by atoms with Gasteiger partial charge in [-0.25, -0.2) is 0 Å². The Hall–Kier alpha value is -1.66. The van der Waals surface area contributed by atoms with Crippen molar-refractivity contribution in [3.63, 3.8) is 0 Å². The number of H-pyrrole nitrogens is 1. The SMILES string of the molecule is O=C(NCC1(O)CCOC1)c1c[nH]ccc1=O. The van der Waals surface area contributed by atoms with Gasteiger partial charge in [-0.05, 0) is 0 Å². The summed E-state index contributed by atoms with van der Waals surface area (Å²) in [6.45, 7) is 0.775. The standard InChI is InChI=1S/C11H14N2O4/c14-9-1-3-12-5-8(9)10(15)13-6-11(16)2-4-17-7-11/h1,3,5,16H,2,4,6-7H2,(H,12,14)(H,13,15). The van der Waals surface area contributed by atoms with Crippen LogP contribution in [0.4, 0.5) is 0 Å². The molecular formula is C11H14N2O4. The van der Waals surface area contributed by atoms with E-state index in [4.69, 9.17) is 4.74 Å². The third kappa shape index (κ3) is 2.72. The summed E-state index contributed by atoms with van der Waals surface area (Å²) in [5.41, 5.74) is -1.33. The van der Waals surface area contributed by atoms with Crippen molar-refractivity contribution in [2.45, 2.75) is 12.0 Å². The molecule has 1 aliphatic rings. The Balaban J connectivity index is 1.98. The molecule has 1 aliphatic heterocycles. The number of carbonyl (C=O) groups excluding carboxylic acids is 1. The van der Waals surface area contributed by atoms with Crippen LogP contribution in [0, 0.1) is 0 Å². The van der Waals surface area contributed by atoms with Gasteiger partial charge in [-0.2, -0.15) is 0 Å². The number of carbonyl (C=O) groups is 1. The summed E-state index contributed by atoms with van der Waals surface area (Å²) in [5, 5.41) is 12.5. The van der Waals surface area contributed by atoms with Crippen molar-refractivity contribution in [1.29, 1.82) is 0 Å². The van der Waals surface area contributed by atoms with Gasteiger partial charge in [-0.1, -0.05) is 0 Å². The van der Waals surface area contributed by atoms with Crippen LogP contribution in [0.25, 0.3) is 0 Å². The molecule has 0 aliphatic carbocycles. The largest absolute Gasteiger partial charge is 0.386 e. The van der Waals surface area contributed by atoms with Crippen molar-refractivity contribution in [2.24, 2.45) is 0 Å². The lowest BCUT2D eigenvalue weighted by Gasteiger charge is -2.20. The van der Waals surface area contributed by atoms with Crippen LogP contribution in [0.3, 0.4) is 0 Å². The summed E-state index contributed by atoms with van der Waals surface area (Å²) in [6, 6.07) is 1.28. The van der Waals surface area contributed by atoms with E-state index in [-0.39, 0.29) is 24.1 Å². The highest BCUT2D eigenvalue weighted by Crippen LogP contribution is 2.16. The molecule has 1 unspecified atom stereocenters. The lowest BCUT2D eigenvalue weighted by Crippen LogP contribution is -2.44. The van der Waals surface area contributed by atoms with Gasteiger partial charge in [0.05, 0.1) is 6.61 Å². The van der Waals surface area contributed by atoms with Crippen molar-refractivity contribution in [2.75, 3.05) is 19.8 Å². The van der Waals surface area contributed by atoms with Gasteiger partial charge in [-0.3, -0.25) is 9.59 Å². The smallest absolute Gasteiger partial charge is 0.256 e. The molecule has 1 atom stereocenters. The molecule has 2 heterocycles. The van der Waals surface area contributed by atoms with Crippen molar-refractivity contribution >= 4 is 5.91 Å². The first-order valence-corrected chi connectivity index (χ1v) is 5.36. The van der Waals surface area contributed by atoms with Crippen LogP contribution in [0.5, 0.6) is 0 Å². The summed E-state index contributed by atoms with van der Waals surface area (Å²) in [6.07, 6.45) is 3.28. The van der Waals surface area contributed by atoms with E-state index < -0.39 is 11.5 Å². The number of hydrogen-bond donors (Lipinski definition) is 3. The molecule has 1 fully saturated rings. The van der Waals surface area contributed by atoms with Gasteiger partial charge < -0.3 is 20.1 Å². The molecule has 2 rings (SSSR count). The molecule has 0 bridgehead atoms. The van der Waals surface area contributed by atoms with Crippen LogP contribution in [-0.4, -0.2) is 41.4 Å². The second-order valence-corrected chi connectivity index (χ2v) is 4.13. The van der Waals surface area contributed by atoms with E-state index in [9.17, 15) is 14.7 Å². The van der Waals surface area contributed by atoms with Gasteiger partial charge in [-0.15, -0.1) is 0 Å². The minimum atomic E-state index is -1.02. The van der Waals surface area contributed by atoms with E-state index >= 15 is 0 Å². The Morgan fingerprint density at radius 3 is 3.12 bits per heavy atom. The predicted molar refractivity (Wildman–Crippen MR) is 59.8 cm³/mol. The monoisotopic (exact) mass is 238 g/mol. The molecule has 0 radical (unpaired) electrons. The molecule has 1 saturated heterocycles. The molecule has 3 N–H and O–H groups in total. The lowest BCUT2D eigenvalue weighted by atomic mass is 10.0. The Labute approximate surface area is 97.6 Å². The molecule has 1 amide bonds. The van der Waals surface area contributed by atoms with Crippen molar-refractivity contribution in [3.8, 4) is 0 Å². The van der Waals surface area contributed by atoms with E-state index in [0.29, 0.717) is 13.0 Å². The third-order valence-electron chi connectivity index (χ3n) is 2.73. The molecule has 6 heteroatoms. The average Bonchev–Trinajstić information content (AvgIpc) is 2.74. The number of hydrogen-bond acceptors (Lipinski definition) is 4. The first kappa shape index (κ1) is 11.8. The molecule has 92 valence electrons. The molecule has 17 heavy (non-hydrogen) atoms. The highest BCUT2D eigenvalue weighted by atomic mass is 16.5. The number of aromatic nitrogens is 1. The maximum atomic E-state index is 11.7. The third-order valence-corrected chi connectivity index (χ3v) is 2.73. The Morgan fingerprint density at radius 2 is 2.47 bits per heavy atom. The zero-order chi connectivity index (χ0) is 12.3. The van der Waals surface area contributed by atoms with E-state index in [1.807, 2.05) is 0 Å². The van der Waals surface area contributed by atoms with Gasteiger partial charge in [0.15, 0.2) is 5.43 Å². The number of aromatic amines is 1. The normalized spacial score (nSPS) is 23.6. The lowest BCUT2D eigenvalue weighted by molar-refractivity contribution is 0.0264. The fraction of sp³-hybridized carbons (Fsp3) is 0.455. The molecule has 6 nitrogen and oxygen atoms in total. The number of pyridine rings is 1. The number of amides is 1. The summed E-state index contributed by atoms with van der Waals surface area (Å²) < 4.78 is 5.05. The van der Waals surface area contributed by atoms with Crippen LogP contribution in [0.1, 0.15) is 16.8 Å². The summed E-state index contributed by atoms with van der Waals surface area (Å²) in [4.78, 5) is 25.7. The van der Waals surface area contributed by atoms with Gasteiger partial charge in [0.25, 0.3) is 5.91 Å². The van der Waals surface area contributed by atoms with Crippen LogP contribution >= 0.6 is 0 Å². The van der Waals surface area contributed by atoms with E-state index in [2.05, 4.69) is 10.3 Å². The Bertz CT molecular complexity index is 463. The second-order valence-electron chi connectivity index (χ2n) is 4.13. The topological polar surface area (TPSA) is 91.4 Å². The fourth-order valence-corrected chi connectivity index (χ4v) is 1.67.